The highest BCUT2D eigenvalue weighted by Gasteiger charge is 2.65. The van der Waals surface area contributed by atoms with Crippen LogP contribution in [-0.2, 0) is 16.1 Å². The van der Waals surface area contributed by atoms with E-state index in [0.717, 1.165) is 12.8 Å². The van der Waals surface area contributed by atoms with Gasteiger partial charge in [0.15, 0.2) is 0 Å². The Morgan fingerprint density at radius 1 is 1.33 bits per heavy atom. The minimum Gasteiger partial charge on any atom is -0.370 e. The van der Waals surface area contributed by atoms with Crippen LogP contribution in [0.2, 0.25) is 0 Å². The van der Waals surface area contributed by atoms with E-state index in [1.807, 2.05) is 6.07 Å². The summed E-state index contributed by atoms with van der Waals surface area (Å²) < 4.78 is 26.3. The molecule has 116 valence electrons. The second-order valence-corrected chi connectivity index (χ2v) is 7.14. The lowest BCUT2D eigenvalue weighted by Crippen LogP contribution is -2.46. The Hall–Kier alpha value is -0.930. The molecule has 1 aromatic carbocycles. The summed E-state index contributed by atoms with van der Waals surface area (Å²) in [5.41, 5.74) is 0.318. The zero-order valence-electron chi connectivity index (χ0n) is 13.4. The van der Waals surface area contributed by atoms with E-state index >= 15 is 0 Å². The summed E-state index contributed by atoms with van der Waals surface area (Å²) in [6.45, 7) is 9.13. The van der Waals surface area contributed by atoms with Crippen molar-refractivity contribution in [2.75, 3.05) is 0 Å². The Kier molecular flexibility index (Phi) is 3.61. The Bertz CT molecular complexity index is 530. The Balaban J connectivity index is 1.76. The van der Waals surface area contributed by atoms with Crippen molar-refractivity contribution in [2.45, 2.75) is 64.4 Å². The van der Waals surface area contributed by atoms with Crippen molar-refractivity contribution in [1.82, 2.24) is 0 Å². The molecule has 2 saturated heterocycles. The van der Waals surface area contributed by atoms with Crippen molar-refractivity contribution in [1.29, 1.82) is 0 Å². The molecule has 21 heavy (non-hydrogen) atoms. The average Bonchev–Trinajstić information content (AvgIpc) is 2.90. The van der Waals surface area contributed by atoms with Crippen LogP contribution in [0, 0.1) is 17.7 Å². The summed E-state index contributed by atoms with van der Waals surface area (Å²) in [6.07, 6.45) is 2.16. The van der Waals surface area contributed by atoms with E-state index in [4.69, 9.17) is 9.47 Å². The molecule has 3 heteroatoms. The van der Waals surface area contributed by atoms with Crippen molar-refractivity contribution in [3.63, 3.8) is 0 Å². The van der Waals surface area contributed by atoms with Crippen molar-refractivity contribution >= 4 is 0 Å². The minimum atomic E-state index is -0.227. The van der Waals surface area contributed by atoms with Crippen LogP contribution in [0.5, 0.6) is 0 Å². The molecule has 4 atom stereocenters. The first-order valence-electron chi connectivity index (χ1n) is 7.94. The summed E-state index contributed by atoms with van der Waals surface area (Å²) in [4.78, 5) is 0. The third kappa shape index (κ3) is 2.22. The molecule has 2 aliphatic heterocycles. The van der Waals surface area contributed by atoms with E-state index < -0.39 is 0 Å². The average molecular weight is 292 g/mol. The second-order valence-electron chi connectivity index (χ2n) is 7.14. The molecule has 2 heterocycles. The van der Waals surface area contributed by atoms with Crippen LogP contribution < -0.4 is 0 Å². The van der Waals surface area contributed by atoms with Gasteiger partial charge in [0.05, 0.1) is 23.9 Å². The predicted molar refractivity (Wildman–Crippen MR) is 80.4 cm³/mol. The Labute approximate surface area is 126 Å². The molecule has 0 unspecified atom stereocenters. The summed E-state index contributed by atoms with van der Waals surface area (Å²) in [7, 11) is 0. The van der Waals surface area contributed by atoms with Crippen LogP contribution in [0.15, 0.2) is 24.3 Å². The molecule has 1 aromatic rings. The van der Waals surface area contributed by atoms with Gasteiger partial charge in [0.2, 0.25) is 0 Å². The second kappa shape index (κ2) is 5.06. The summed E-state index contributed by atoms with van der Waals surface area (Å²) in [5.74, 6) is 0.609. The first-order valence-corrected chi connectivity index (χ1v) is 7.94. The van der Waals surface area contributed by atoms with Gasteiger partial charge in [-0.1, -0.05) is 39.0 Å². The van der Waals surface area contributed by atoms with Gasteiger partial charge in [-0.3, -0.25) is 0 Å². The van der Waals surface area contributed by atoms with Gasteiger partial charge in [-0.05, 0) is 31.7 Å². The van der Waals surface area contributed by atoms with Crippen LogP contribution in [0.4, 0.5) is 4.39 Å². The molecule has 2 nitrogen and oxygen atoms in total. The lowest BCUT2D eigenvalue weighted by molar-refractivity contribution is -0.0963. The minimum absolute atomic E-state index is 0.0354. The smallest absolute Gasteiger partial charge is 0.128 e. The van der Waals surface area contributed by atoms with E-state index in [9.17, 15) is 4.39 Å². The molecule has 0 radical (unpaired) electrons. The third-order valence-electron chi connectivity index (χ3n) is 5.62. The number of benzene rings is 1. The molecule has 2 fully saturated rings. The fraction of sp³-hybridized carbons (Fsp3) is 0.667. The standard InChI is InChI=1S/C18H25FO2/c1-12(2)18-10-9-17(4,21-18)16(13(18)3)20-11-14-7-5-6-8-15(14)19/h5-8,12-13,16H,9-11H2,1-4H3/t13-,16+,17-,18-/m0/s1. The lowest BCUT2D eigenvalue weighted by atomic mass is 9.69. The van der Waals surface area contributed by atoms with E-state index in [-0.39, 0.29) is 23.1 Å². The zero-order valence-corrected chi connectivity index (χ0v) is 13.4. The van der Waals surface area contributed by atoms with Gasteiger partial charge in [-0.15, -0.1) is 0 Å². The molecule has 0 N–H and O–H groups in total. The van der Waals surface area contributed by atoms with E-state index in [1.165, 1.54) is 6.07 Å². The molecule has 2 aliphatic rings. The maximum atomic E-state index is 13.7. The molecule has 0 saturated carbocycles. The zero-order chi connectivity index (χ0) is 15.3. The fourth-order valence-electron chi connectivity index (χ4n) is 4.33. The van der Waals surface area contributed by atoms with Crippen LogP contribution in [0.3, 0.4) is 0 Å². The van der Waals surface area contributed by atoms with Crippen molar-refractivity contribution in [3.8, 4) is 0 Å². The SMILES string of the molecule is CC(C)[C@]12CC[C@](C)(O1)[C@H](OCc1ccccc1F)[C@@H]2C. The van der Waals surface area contributed by atoms with Gasteiger partial charge in [0.25, 0.3) is 0 Å². The van der Waals surface area contributed by atoms with Gasteiger partial charge in [0, 0.05) is 11.5 Å². The topological polar surface area (TPSA) is 18.5 Å². The molecule has 0 spiro atoms. The van der Waals surface area contributed by atoms with Crippen molar-refractivity contribution < 1.29 is 13.9 Å². The summed E-state index contributed by atoms with van der Waals surface area (Å²) in [6, 6.07) is 6.82. The highest BCUT2D eigenvalue weighted by Crippen LogP contribution is 2.58. The Morgan fingerprint density at radius 2 is 2.05 bits per heavy atom. The molecule has 3 rings (SSSR count). The molecule has 2 bridgehead atoms. The van der Waals surface area contributed by atoms with E-state index in [1.54, 1.807) is 12.1 Å². The van der Waals surface area contributed by atoms with E-state index in [2.05, 4.69) is 27.7 Å². The Morgan fingerprint density at radius 3 is 2.67 bits per heavy atom. The van der Waals surface area contributed by atoms with Gasteiger partial charge in [-0.25, -0.2) is 4.39 Å². The van der Waals surface area contributed by atoms with Crippen LogP contribution in [0.25, 0.3) is 0 Å². The van der Waals surface area contributed by atoms with Crippen LogP contribution >= 0.6 is 0 Å². The molecule has 0 aromatic heterocycles. The molecule has 0 aliphatic carbocycles. The van der Waals surface area contributed by atoms with Gasteiger partial charge in [0.1, 0.15) is 5.82 Å². The van der Waals surface area contributed by atoms with Crippen LogP contribution in [0.1, 0.15) is 46.1 Å². The molecular weight excluding hydrogens is 267 g/mol. The normalized spacial score (nSPS) is 38.4. The fourth-order valence-corrected chi connectivity index (χ4v) is 4.33. The van der Waals surface area contributed by atoms with Gasteiger partial charge >= 0.3 is 0 Å². The van der Waals surface area contributed by atoms with Gasteiger partial charge < -0.3 is 9.47 Å². The maximum absolute atomic E-state index is 13.7. The van der Waals surface area contributed by atoms with Crippen LogP contribution in [-0.4, -0.2) is 17.3 Å². The number of ether oxygens (including phenoxy) is 2. The van der Waals surface area contributed by atoms with Gasteiger partial charge in [-0.2, -0.15) is 0 Å². The number of hydrogen-bond donors (Lipinski definition) is 0. The number of halogens is 1. The highest BCUT2D eigenvalue weighted by atomic mass is 19.1. The highest BCUT2D eigenvalue weighted by molar-refractivity contribution is 5.17. The summed E-state index contributed by atoms with van der Waals surface area (Å²) >= 11 is 0. The maximum Gasteiger partial charge on any atom is 0.128 e. The quantitative estimate of drug-likeness (QED) is 0.822. The van der Waals surface area contributed by atoms with E-state index in [0.29, 0.717) is 24.0 Å². The number of fused-ring (bicyclic) bond motifs is 2. The number of hydrogen-bond acceptors (Lipinski definition) is 2. The lowest BCUT2D eigenvalue weighted by Gasteiger charge is -2.38. The predicted octanol–water partition coefficient (Wildman–Crippen LogP) is 4.32. The third-order valence-corrected chi connectivity index (χ3v) is 5.62. The molecular formula is C18H25FO2. The monoisotopic (exact) mass is 292 g/mol. The first kappa shape index (κ1) is 15.0. The number of rotatable bonds is 4. The largest absolute Gasteiger partial charge is 0.370 e. The first-order chi connectivity index (χ1) is 9.89. The van der Waals surface area contributed by atoms with Crippen molar-refractivity contribution in [3.05, 3.63) is 35.6 Å². The van der Waals surface area contributed by atoms with Crippen molar-refractivity contribution in [2.24, 2.45) is 11.8 Å². The summed E-state index contributed by atoms with van der Waals surface area (Å²) in [5, 5.41) is 0. The molecule has 0 amide bonds.